The SMILES string of the molecule is CCNC(=NCCc1cccs1)NCCc1noc(-c2ccccn2)n1.I. The third kappa shape index (κ3) is 6.90. The first-order chi connectivity index (χ1) is 12.8. The van der Waals surface area contributed by atoms with Crippen LogP contribution in [0.25, 0.3) is 11.6 Å². The molecule has 144 valence electrons. The molecule has 0 spiro atoms. The molecule has 0 bridgehead atoms. The zero-order valence-corrected chi connectivity index (χ0v) is 18.2. The van der Waals surface area contributed by atoms with E-state index in [1.54, 1.807) is 17.5 Å². The van der Waals surface area contributed by atoms with Crippen molar-refractivity contribution < 1.29 is 4.52 Å². The standard InChI is InChI=1S/C18H22N6OS.HI/c1-2-19-18(21-11-8-14-6-5-13-26-14)22-12-9-16-23-17(25-24-16)15-7-3-4-10-20-15;/h3-7,10,13H,2,8-9,11-12H2,1H3,(H2,19,21,22);1H. The highest BCUT2D eigenvalue weighted by atomic mass is 127. The molecule has 0 atom stereocenters. The Hall–Kier alpha value is -2.01. The average molecular weight is 498 g/mol. The molecule has 2 N–H and O–H groups in total. The average Bonchev–Trinajstić information content (AvgIpc) is 3.34. The lowest BCUT2D eigenvalue weighted by Gasteiger charge is -2.10. The first-order valence-electron chi connectivity index (χ1n) is 8.63. The van der Waals surface area contributed by atoms with Crippen LogP contribution in [0.2, 0.25) is 0 Å². The Kier molecular flexibility index (Phi) is 9.19. The fourth-order valence-electron chi connectivity index (χ4n) is 2.32. The summed E-state index contributed by atoms with van der Waals surface area (Å²) in [5.41, 5.74) is 0.683. The Morgan fingerprint density at radius 3 is 2.85 bits per heavy atom. The molecule has 9 heteroatoms. The number of halogens is 1. The minimum absolute atomic E-state index is 0. The first kappa shape index (κ1) is 21.3. The number of aromatic nitrogens is 3. The van der Waals surface area contributed by atoms with E-state index in [-0.39, 0.29) is 24.0 Å². The van der Waals surface area contributed by atoms with Gasteiger partial charge in [0.15, 0.2) is 11.8 Å². The molecule has 0 aliphatic heterocycles. The quantitative estimate of drug-likeness (QED) is 0.282. The normalized spacial score (nSPS) is 11.1. The van der Waals surface area contributed by atoms with E-state index in [9.17, 15) is 0 Å². The van der Waals surface area contributed by atoms with Crippen LogP contribution in [0.4, 0.5) is 0 Å². The van der Waals surface area contributed by atoms with Crippen LogP contribution in [0, 0.1) is 0 Å². The third-order valence-corrected chi connectivity index (χ3v) is 4.48. The molecule has 27 heavy (non-hydrogen) atoms. The fourth-order valence-corrected chi connectivity index (χ4v) is 3.01. The summed E-state index contributed by atoms with van der Waals surface area (Å²) < 4.78 is 5.27. The first-order valence-corrected chi connectivity index (χ1v) is 9.51. The van der Waals surface area contributed by atoms with E-state index in [0.717, 1.165) is 25.5 Å². The van der Waals surface area contributed by atoms with Gasteiger partial charge in [-0.1, -0.05) is 17.3 Å². The van der Waals surface area contributed by atoms with Gasteiger partial charge in [-0.3, -0.25) is 9.98 Å². The largest absolute Gasteiger partial charge is 0.357 e. The summed E-state index contributed by atoms with van der Waals surface area (Å²) in [6.07, 6.45) is 3.30. The highest BCUT2D eigenvalue weighted by Gasteiger charge is 2.09. The van der Waals surface area contributed by atoms with Gasteiger partial charge in [0.05, 0.1) is 0 Å². The Bertz CT molecular complexity index is 806. The van der Waals surface area contributed by atoms with Crippen LogP contribution in [0.15, 0.2) is 51.4 Å². The van der Waals surface area contributed by atoms with Gasteiger partial charge >= 0.3 is 0 Å². The maximum absolute atomic E-state index is 5.27. The Balaban J connectivity index is 0.00000261. The van der Waals surface area contributed by atoms with Gasteiger partial charge in [0.25, 0.3) is 5.89 Å². The van der Waals surface area contributed by atoms with Crippen molar-refractivity contribution in [3.63, 3.8) is 0 Å². The van der Waals surface area contributed by atoms with Crippen LogP contribution >= 0.6 is 35.3 Å². The van der Waals surface area contributed by atoms with Gasteiger partial charge in [-0.05, 0) is 30.5 Å². The molecule has 0 unspecified atom stereocenters. The number of rotatable bonds is 8. The Morgan fingerprint density at radius 2 is 2.11 bits per heavy atom. The second-order valence-corrected chi connectivity index (χ2v) is 6.53. The maximum Gasteiger partial charge on any atom is 0.276 e. The third-order valence-electron chi connectivity index (χ3n) is 3.55. The highest BCUT2D eigenvalue weighted by molar-refractivity contribution is 14.0. The number of hydrogen-bond acceptors (Lipinski definition) is 6. The van der Waals surface area contributed by atoms with Crippen LogP contribution in [0.5, 0.6) is 0 Å². The van der Waals surface area contributed by atoms with Crippen molar-refractivity contribution in [2.45, 2.75) is 19.8 Å². The molecule has 0 saturated heterocycles. The van der Waals surface area contributed by atoms with Crippen molar-refractivity contribution in [1.82, 2.24) is 25.8 Å². The second kappa shape index (κ2) is 11.7. The zero-order chi connectivity index (χ0) is 18.0. The van der Waals surface area contributed by atoms with Crippen LogP contribution in [0.3, 0.4) is 0 Å². The van der Waals surface area contributed by atoms with E-state index in [1.165, 1.54) is 4.88 Å². The molecule has 3 heterocycles. The summed E-state index contributed by atoms with van der Waals surface area (Å²) >= 11 is 1.76. The Morgan fingerprint density at radius 1 is 1.19 bits per heavy atom. The van der Waals surface area contributed by atoms with E-state index in [2.05, 4.69) is 55.2 Å². The predicted octanol–water partition coefficient (Wildman–Crippen LogP) is 3.15. The zero-order valence-electron chi connectivity index (χ0n) is 15.1. The summed E-state index contributed by atoms with van der Waals surface area (Å²) in [5.74, 6) is 1.89. The number of nitrogens with zero attached hydrogens (tertiary/aromatic N) is 4. The fraction of sp³-hybridized carbons (Fsp3) is 0.333. The lowest BCUT2D eigenvalue weighted by atomic mass is 10.3. The smallest absolute Gasteiger partial charge is 0.276 e. The maximum atomic E-state index is 5.27. The van der Waals surface area contributed by atoms with Gasteiger partial charge < -0.3 is 15.2 Å². The topological polar surface area (TPSA) is 88.2 Å². The molecule has 0 aromatic carbocycles. The van der Waals surface area contributed by atoms with Crippen molar-refractivity contribution in [1.29, 1.82) is 0 Å². The van der Waals surface area contributed by atoms with Gasteiger partial charge in [-0.25, -0.2) is 0 Å². The van der Waals surface area contributed by atoms with Crippen molar-refractivity contribution >= 4 is 41.3 Å². The van der Waals surface area contributed by atoms with Crippen LogP contribution in [-0.4, -0.2) is 40.7 Å². The molecular weight excluding hydrogens is 475 g/mol. The van der Waals surface area contributed by atoms with E-state index in [0.29, 0.717) is 30.4 Å². The van der Waals surface area contributed by atoms with E-state index >= 15 is 0 Å². The lowest BCUT2D eigenvalue weighted by molar-refractivity contribution is 0.421. The van der Waals surface area contributed by atoms with Crippen molar-refractivity contribution in [3.05, 3.63) is 52.6 Å². The van der Waals surface area contributed by atoms with Crippen molar-refractivity contribution in [2.75, 3.05) is 19.6 Å². The number of nitrogens with one attached hydrogen (secondary N) is 2. The molecule has 3 aromatic heterocycles. The Labute approximate surface area is 179 Å². The second-order valence-electron chi connectivity index (χ2n) is 5.50. The number of thiophene rings is 1. The molecular formula is C18H23IN6OS. The molecule has 0 aliphatic rings. The molecule has 0 fully saturated rings. The van der Waals surface area contributed by atoms with Crippen molar-refractivity contribution in [2.24, 2.45) is 4.99 Å². The van der Waals surface area contributed by atoms with Gasteiger partial charge in [0.2, 0.25) is 0 Å². The number of aliphatic imine (C=N–C) groups is 1. The summed E-state index contributed by atoms with van der Waals surface area (Å²) in [6.45, 7) is 4.29. The minimum Gasteiger partial charge on any atom is -0.357 e. The summed E-state index contributed by atoms with van der Waals surface area (Å²) in [4.78, 5) is 14.5. The van der Waals surface area contributed by atoms with Gasteiger partial charge in [-0.15, -0.1) is 35.3 Å². The van der Waals surface area contributed by atoms with E-state index in [1.807, 2.05) is 18.2 Å². The molecule has 0 amide bonds. The van der Waals surface area contributed by atoms with Gasteiger partial charge in [0.1, 0.15) is 5.69 Å². The molecule has 3 rings (SSSR count). The molecule has 0 aliphatic carbocycles. The number of guanidine groups is 1. The van der Waals surface area contributed by atoms with Gasteiger partial charge in [0, 0.05) is 43.5 Å². The van der Waals surface area contributed by atoms with Gasteiger partial charge in [-0.2, -0.15) is 4.98 Å². The molecule has 0 radical (unpaired) electrons. The van der Waals surface area contributed by atoms with Crippen molar-refractivity contribution in [3.8, 4) is 11.6 Å². The van der Waals surface area contributed by atoms with E-state index < -0.39 is 0 Å². The highest BCUT2D eigenvalue weighted by Crippen LogP contribution is 2.13. The molecule has 0 saturated carbocycles. The number of pyridine rings is 1. The van der Waals surface area contributed by atoms with Crippen LogP contribution in [0.1, 0.15) is 17.6 Å². The lowest BCUT2D eigenvalue weighted by Crippen LogP contribution is -2.38. The van der Waals surface area contributed by atoms with Crippen LogP contribution in [-0.2, 0) is 12.8 Å². The molecule has 3 aromatic rings. The monoisotopic (exact) mass is 498 g/mol. The minimum atomic E-state index is 0. The summed E-state index contributed by atoms with van der Waals surface area (Å²) in [6, 6.07) is 9.79. The van der Waals surface area contributed by atoms with Crippen LogP contribution < -0.4 is 10.6 Å². The summed E-state index contributed by atoms with van der Waals surface area (Å²) in [5, 5.41) is 12.6. The molecule has 7 nitrogen and oxygen atoms in total. The summed E-state index contributed by atoms with van der Waals surface area (Å²) in [7, 11) is 0. The van der Waals surface area contributed by atoms with E-state index in [4.69, 9.17) is 4.52 Å². The number of hydrogen-bond donors (Lipinski definition) is 2. The predicted molar refractivity (Wildman–Crippen MR) is 119 cm³/mol.